The third-order valence-corrected chi connectivity index (χ3v) is 3.01. The van der Waals surface area contributed by atoms with Gasteiger partial charge in [-0.05, 0) is 19.3 Å². The van der Waals surface area contributed by atoms with Crippen molar-refractivity contribution < 1.29 is 4.79 Å². The average Bonchev–Trinajstić information content (AvgIpc) is 2.50. The number of rotatable bonds is 1. The highest BCUT2D eigenvalue weighted by Crippen LogP contribution is 2.08. The van der Waals surface area contributed by atoms with Crippen molar-refractivity contribution in [1.29, 1.82) is 0 Å². The van der Waals surface area contributed by atoms with Crippen LogP contribution >= 0.6 is 0 Å². The lowest BCUT2D eigenvalue weighted by molar-refractivity contribution is -0.122. The van der Waals surface area contributed by atoms with E-state index in [1.54, 1.807) is 0 Å². The lowest BCUT2D eigenvalue weighted by Crippen LogP contribution is -2.47. The molecule has 0 bridgehead atoms. The molecule has 15 heavy (non-hydrogen) atoms. The molecule has 1 fully saturated rings. The van der Waals surface area contributed by atoms with Crippen LogP contribution in [0.25, 0.3) is 0 Å². The Morgan fingerprint density at radius 2 is 2.20 bits per heavy atom. The highest BCUT2D eigenvalue weighted by Gasteiger charge is 2.18. The van der Waals surface area contributed by atoms with E-state index in [0.29, 0.717) is 12.5 Å². The molecule has 4 nitrogen and oxygen atoms in total. The average molecular weight is 209 g/mol. The second kappa shape index (κ2) is 5.14. The summed E-state index contributed by atoms with van der Waals surface area (Å²) in [4.78, 5) is 15.5. The Morgan fingerprint density at radius 3 is 3.00 bits per heavy atom. The number of hydrogen-bond donors (Lipinski definition) is 2. The number of piperidine rings is 1. The summed E-state index contributed by atoms with van der Waals surface area (Å²) in [5, 5.41) is 6.33. The van der Waals surface area contributed by atoms with Crippen molar-refractivity contribution in [3.05, 3.63) is 0 Å². The van der Waals surface area contributed by atoms with Crippen LogP contribution in [0, 0.1) is 0 Å². The normalized spacial score (nSPS) is 27.6. The predicted octanol–water partition coefficient (Wildman–Crippen LogP) is 0.827. The minimum absolute atomic E-state index is 0.177. The molecule has 0 aromatic carbocycles. The van der Waals surface area contributed by atoms with E-state index in [1.165, 1.54) is 19.3 Å². The van der Waals surface area contributed by atoms with Gasteiger partial charge in [-0.1, -0.05) is 6.42 Å². The summed E-state index contributed by atoms with van der Waals surface area (Å²) in [5.74, 6) is 1.32. The first-order valence-electron chi connectivity index (χ1n) is 5.91. The van der Waals surface area contributed by atoms with Gasteiger partial charge in [-0.15, -0.1) is 0 Å². The van der Waals surface area contributed by atoms with Gasteiger partial charge >= 0.3 is 0 Å². The molecule has 0 aliphatic carbocycles. The van der Waals surface area contributed by atoms with Crippen molar-refractivity contribution >= 4 is 11.7 Å². The Hall–Kier alpha value is -1.06. The first kappa shape index (κ1) is 10.5. The van der Waals surface area contributed by atoms with Gasteiger partial charge in [-0.3, -0.25) is 9.79 Å². The summed E-state index contributed by atoms with van der Waals surface area (Å²) in [6, 6.07) is 0.388. The van der Waals surface area contributed by atoms with Crippen LogP contribution in [0.1, 0.15) is 38.5 Å². The third kappa shape index (κ3) is 3.22. The molecule has 0 aromatic rings. The fraction of sp³-hybridized carbons (Fsp3) is 0.818. The van der Waals surface area contributed by atoms with E-state index in [2.05, 4.69) is 15.6 Å². The van der Waals surface area contributed by atoms with Gasteiger partial charge in [0.2, 0.25) is 5.91 Å². The lowest BCUT2D eigenvalue weighted by atomic mass is 10.1. The fourth-order valence-corrected chi connectivity index (χ4v) is 2.08. The zero-order chi connectivity index (χ0) is 10.5. The maximum absolute atomic E-state index is 11.0. The Kier molecular flexibility index (Phi) is 3.59. The number of amides is 1. The Labute approximate surface area is 90.5 Å². The number of nitrogens with one attached hydrogen (secondary N) is 2. The van der Waals surface area contributed by atoms with Crippen LogP contribution in [-0.2, 0) is 4.79 Å². The highest BCUT2D eigenvalue weighted by atomic mass is 16.1. The van der Waals surface area contributed by atoms with E-state index in [1.807, 2.05) is 0 Å². The third-order valence-electron chi connectivity index (χ3n) is 3.01. The molecule has 4 heteroatoms. The van der Waals surface area contributed by atoms with Crippen molar-refractivity contribution in [1.82, 2.24) is 10.6 Å². The molecular formula is C11H19N3O. The van der Waals surface area contributed by atoms with E-state index >= 15 is 0 Å². The highest BCUT2D eigenvalue weighted by molar-refractivity contribution is 5.83. The molecule has 1 saturated heterocycles. The molecule has 2 aliphatic heterocycles. The molecule has 1 atom stereocenters. The second-order valence-corrected chi connectivity index (χ2v) is 4.32. The maximum Gasteiger partial charge on any atom is 0.220 e. The van der Waals surface area contributed by atoms with Gasteiger partial charge in [-0.2, -0.15) is 0 Å². The molecule has 0 aromatic heterocycles. The van der Waals surface area contributed by atoms with Crippen LogP contribution in [0.15, 0.2) is 4.99 Å². The van der Waals surface area contributed by atoms with Crippen molar-refractivity contribution in [3.63, 3.8) is 0 Å². The van der Waals surface area contributed by atoms with Crippen molar-refractivity contribution in [2.45, 2.75) is 44.6 Å². The van der Waals surface area contributed by atoms with Gasteiger partial charge in [0.25, 0.3) is 0 Å². The van der Waals surface area contributed by atoms with Crippen LogP contribution in [0.3, 0.4) is 0 Å². The molecule has 2 rings (SSSR count). The smallest absolute Gasteiger partial charge is 0.220 e. The van der Waals surface area contributed by atoms with E-state index < -0.39 is 0 Å². The van der Waals surface area contributed by atoms with Crippen LogP contribution in [0.5, 0.6) is 0 Å². The van der Waals surface area contributed by atoms with Crippen LogP contribution in [0.2, 0.25) is 0 Å². The molecule has 0 saturated carbocycles. The van der Waals surface area contributed by atoms with E-state index in [4.69, 9.17) is 0 Å². The molecule has 0 radical (unpaired) electrons. The SMILES string of the molecule is O=C1CCC(NC2=NCCCCC2)CN1. The summed E-state index contributed by atoms with van der Waals surface area (Å²) >= 11 is 0. The molecule has 1 unspecified atom stereocenters. The quantitative estimate of drug-likeness (QED) is 0.672. The van der Waals surface area contributed by atoms with Gasteiger partial charge in [0.15, 0.2) is 0 Å². The summed E-state index contributed by atoms with van der Waals surface area (Å²) in [6.07, 6.45) is 6.40. The summed E-state index contributed by atoms with van der Waals surface area (Å²) in [7, 11) is 0. The number of aliphatic imine (C=N–C) groups is 1. The van der Waals surface area contributed by atoms with E-state index in [-0.39, 0.29) is 5.91 Å². The lowest BCUT2D eigenvalue weighted by Gasteiger charge is -2.24. The van der Waals surface area contributed by atoms with E-state index in [0.717, 1.165) is 31.8 Å². The molecule has 2 heterocycles. The van der Waals surface area contributed by atoms with Gasteiger partial charge < -0.3 is 10.6 Å². The number of hydrogen-bond acceptors (Lipinski definition) is 3. The van der Waals surface area contributed by atoms with Crippen LogP contribution < -0.4 is 10.6 Å². The zero-order valence-corrected chi connectivity index (χ0v) is 9.09. The standard InChI is InChI=1S/C11H19N3O/c15-11-6-5-9(8-13-11)14-10-4-2-1-3-7-12-10/h9H,1-8H2,(H,12,14)(H,13,15). The topological polar surface area (TPSA) is 53.5 Å². The van der Waals surface area contributed by atoms with Crippen LogP contribution in [-0.4, -0.2) is 30.9 Å². The predicted molar refractivity (Wildman–Crippen MR) is 59.9 cm³/mol. The fourth-order valence-electron chi connectivity index (χ4n) is 2.08. The van der Waals surface area contributed by atoms with E-state index in [9.17, 15) is 4.79 Å². The monoisotopic (exact) mass is 209 g/mol. The maximum atomic E-state index is 11.0. The number of nitrogens with zero attached hydrogens (tertiary/aromatic N) is 1. The minimum atomic E-state index is 0.177. The van der Waals surface area contributed by atoms with Crippen LogP contribution in [0.4, 0.5) is 0 Å². The van der Waals surface area contributed by atoms with Gasteiger partial charge in [-0.25, -0.2) is 0 Å². The zero-order valence-electron chi connectivity index (χ0n) is 9.09. The van der Waals surface area contributed by atoms with Gasteiger partial charge in [0, 0.05) is 32.0 Å². The number of amidine groups is 1. The minimum Gasteiger partial charge on any atom is -0.369 e. The molecule has 2 aliphatic rings. The summed E-state index contributed by atoms with van der Waals surface area (Å²) in [6.45, 7) is 1.71. The number of carbonyl (C=O) groups is 1. The van der Waals surface area contributed by atoms with Gasteiger partial charge in [0.05, 0.1) is 5.84 Å². The first-order valence-corrected chi connectivity index (χ1v) is 5.91. The van der Waals surface area contributed by atoms with Crippen molar-refractivity contribution in [2.24, 2.45) is 4.99 Å². The second-order valence-electron chi connectivity index (χ2n) is 4.32. The summed E-state index contributed by atoms with van der Waals surface area (Å²) in [5.41, 5.74) is 0. The Bertz CT molecular complexity index is 253. The molecular weight excluding hydrogens is 190 g/mol. The molecule has 1 amide bonds. The molecule has 0 spiro atoms. The molecule has 2 N–H and O–H groups in total. The van der Waals surface area contributed by atoms with Crippen molar-refractivity contribution in [2.75, 3.05) is 13.1 Å². The molecule has 84 valence electrons. The number of carbonyl (C=O) groups excluding carboxylic acids is 1. The largest absolute Gasteiger partial charge is 0.369 e. The van der Waals surface area contributed by atoms with Gasteiger partial charge in [0.1, 0.15) is 0 Å². The Balaban J connectivity index is 1.80. The first-order chi connectivity index (χ1) is 7.34. The summed E-state index contributed by atoms with van der Waals surface area (Å²) < 4.78 is 0. The Morgan fingerprint density at radius 1 is 1.27 bits per heavy atom. The van der Waals surface area contributed by atoms with Crippen molar-refractivity contribution in [3.8, 4) is 0 Å².